The number of carbonyl (C=O) groups is 4. The summed E-state index contributed by atoms with van der Waals surface area (Å²) in [7, 11) is 0. The van der Waals surface area contributed by atoms with Crippen LogP contribution >= 0.6 is 0 Å². The van der Waals surface area contributed by atoms with E-state index in [4.69, 9.17) is 0 Å². The van der Waals surface area contributed by atoms with Crippen molar-refractivity contribution in [1.82, 2.24) is 19.5 Å². The second-order valence-corrected chi connectivity index (χ2v) is 9.30. The number of fused-ring (bicyclic) bond motifs is 8. The Morgan fingerprint density at radius 2 is 1.30 bits per heavy atom. The Bertz CT molecular complexity index is 2110. The van der Waals surface area contributed by atoms with Gasteiger partial charge >= 0.3 is 24.0 Å². The molecule has 4 aromatic rings. The summed E-state index contributed by atoms with van der Waals surface area (Å²) in [5.41, 5.74) is -1.49. The molecule has 43 heavy (non-hydrogen) atoms. The summed E-state index contributed by atoms with van der Waals surface area (Å²) in [5.74, 6) is -4.95. The van der Waals surface area contributed by atoms with Gasteiger partial charge in [-0.25, -0.2) is 33.7 Å². The number of nitrogens with zero attached hydrogens (tertiary/aromatic N) is 3. The van der Waals surface area contributed by atoms with Crippen LogP contribution in [0.3, 0.4) is 0 Å². The summed E-state index contributed by atoms with van der Waals surface area (Å²) in [6, 6.07) is 16.0. The van der Waals surface area contributed by atoms with Crippen LogP contribution in [0.15, 0.2) is 60.7 Å². The quantitative estimate of drug-likeness (QED) is 0.166. The van der Waals surface area contributed by atoms with E-state index in [9.17, 15) is 39.6 Å². The van der Waals surface area contributed by atoms with Gasteiger partial charge in [0.25, 0.3) is 0 Å². The number of aliphatic carboxylic acids is 1. The molecule has 12 nitrogen and oxygen atoms in total. The van der Waals surface area contributed by atoms with Gasteiger partial charge in [-0.2, -0.15) is 0 Å². The van der Waals surface area contributed by atoms with Crippen LogP contribution < -0.4 is 0 Å². The standard InChI is InChI=1S/C30H18N4O8.Zn/c35-27(36)20-12-19-11-17-7-6-15(31-17)10-16-8-9-18(32-16)13-21-22(14-4-2-1-3-5-14)23(28(37)38)26(34(21)30(41)42)24(29(39)40)25(20)33-19;/h1-13,31H,(H,35,36)(H,37,38)(H,39,40)(H,41,42);. The SMILES string of the molecule is O=C(O)C1=Cc2cc3ccc(cc4nc(cc5c(-c6ccccc6)c(C(=O)O)c(c(C(=O)O)c1n2)n5C(=O)O)C=C4)[nH]3.[Zn]. The fraction of sp³-hybridized carbons (Fsp3) is 0. The summed E-state index contributed by atoms with van der Waals surface area (Å²) in [6.45, 7) is 0. The molecule has 0 unspecified atom stereocenters. The zero-order valence-corrected chi connectivity index (χ0v) is 24.9. The van der Waals surface area contributed by atoms with Gasteiger partial charge in [-0.05, 0) is 54.1 Å². The molecule has 13 heteroatoms. The van der Waals surface area contributed by atoms with Gasteiger partial charge in [0.2, 0.25) is 0 Å². The zero-order chi connectivity index (χ0) is 29.7. The average molecular weight is 628 g/mol. The second-order valence-electron chi connectivity index (χ2n) is 9.30. The predicted molar refractivity (Wildman–Crippen MR) is 152 cm³/mol. The first-order valence-corrected chi connectivity index (χ1v) is 12.3. The van der Waals surface area contributed by atoms with Crippen molar-refractivity contribution in [1.29, 1.82) is 0 Å². The molecule has 208 valence electrons. The Balaban J connectivity index is 0.00000368. The van der Waals surface area contributed by atoms with Crippen LogP contribution in [0.4, 0.5) is 4.79 Å². The Morgan fingerprint density at radius 3 is 1.88 bits per heavy atom. The van der Waals surface area contributed by atoms with E-state index >= 15 is 0 Å². The van der Waals surface area contributed by atoms with Crippen molar-refractivity contribution >= 4 is 69.9 Å². The van der Waals surface area contributed by atoms with Gasteiger partial charge in [0, 0.05) is 36.1 Å². The zero-order valence-electron chi connectivity index (χ0n) is 22.0. The summed E-state index contributed by atoms with van der Waals surface area (Å²) >= 11 is 0. The third-order valence-corrected chi connectivity index (χ3v) is 6.69. The number of rotatable bonds is 4. The van der Waals surface area contributed by atoms with E-state index in [1.54, 1.807) is 60.7 Å². The number of carboxylic acid groups (broad SMARTS) is 4. The number of H-pyrrole nitrogens is 1. The van der Waals surface area contributed by atoms with Gasteiger partial charge in [-0.1, -0.05) is 30.3 Å². The molecule has 2 aliphatic rings. The molecule has 6 rings (SSSR count). The maximum Gasteiger partial charge on any atom is 0.416 e. The largest absolute Gasteiger partial charge is 0.478 e. The van der Waals surface area contributed by atoms with Crippen molar-refractivity contribution in [2.24, 2.45) is 0 Å². The number of nitrogens with one attached hydrogen (secondary N) is 1. The van der Waals surface area contributed by atoms with Crippen LogP contribution in [0, 0.1) is 0 Å². The molecule has 0 radical (unpaired) electrons. The number of aromatic amines is 1. The van der Waals surface area contributed by atoms with E-state index in [1.165, 1.54) is 12.1 Å². The van der Waals surface area contributed by atoms with Crippen molar-refractivity contribution in [2.45, 2.75) is 0 Å². The summed E-state index contributed by atoms with van der Waals surface area (Å²) in [4.78, 5) is 62.7. The fourth-order valence-electron chi connectivity index (χ4n) is 5.06. The minimum Gasteiger partial charge on any atom is -0.478 e. The van der Waals surface area contributed by atoms with Crippen LogP contribution in [-0.2, 0) is 24.3 Å². The first kappa shape index (κ1) is 28.8. The Hall–Kier alpha value is -5.68. The van der Waals surface area contributed by atoms with Gasteiger partial charge < -0.3 is 25.4 Å². The number of aromatic nitrogens is 4. The number of carboxylic acids is 3. The molecule has 5 heterocycles. The maximum atomic E-state index is 12.9. The molecule has 2 aliphatic heterocycles. The molecule has 5 N–H and O–H groups in total. The van der Waals surface area contributed by atoms with E-state index in [1.807, 2.05) is 0 Å². The second kappa shape index (κ2) is 11.0. The molecule has 0 spiro atoms. The minimum atomic E-state index is -1.78. The molecule has 1 aromatic carbocycles. The van der Waals surface area contributed by atoms with Gasteiger partial charge in [0.1, 0.15) is 5.56 Å². The van der Waals surface area contributed by atoms with E-state index < -0.39 is 51.9 Å². The fourth-order valence-corrected chi connectivity index (χ4v) is 5.06. The molecule has 0 fully saturated rings. The van der Waals surface area contributed by atoms with Gasteiger partial charge in [0.15, 0.2) is 0 Å². The van der Waals surface area contributed by atoms with Crippen LogP contribution in [0.1, 0.15) is 43.5 Å². The third kappa shape index (κ3) is 5.02. The molecule has 8 bridgehead atoms. The van der Waals surface area contributed by atoms with Crippen molar-refractivity contribution in [3.8, 4) is 11.1 Å². The number of hydrogen-bond acceptors (Lipinski definition) is 6. The smallest absolute Gasteiger partial charge is 0.416 e. The normalized spacial score (nSPS) is 11.9. The number of hydrogen-bond donors (Lipinski definition) is 5. The monoisotopic (exact) mass is 626 g/mol. The van der Waals surface area contributed by atoms with Crippen molar-refractivity contribution < 1.29 is 59.1 Å². The van der Waals surface area contributed by atoms with Gasteiger partial charge in [0.05, 0.1) is 44.9 Å². The molecule has 0 saturated heterocycles. The number of benzene rings is 1. The molecule has 0 aliphatic carbocycles. The van der Waals surface area contributed by atoms with Crippen LogP contribution in [0.25, 0.3) is 57.0 Å². The molecule has 0 amide bonds. The molecule has 0 saturated carbocycles. The van der Waals surface area contributed by atoms with Gasteiger partial charge in [-0.15, -0.1) is 0 Å². The maximum absolute atomic E-state index is 12.9. The van der Waals surface area contributed by atoms with Gasteiger partial charge in [-0.3, -0.25) is 0 Å². The van der Waals surface area contributed by atoms with Crippen molar-refractivity contribution in [3.63, 3.8) is 0 Å². The summed E-state index contributed by atoms with van der Waals surface area (Å²) in [5, 5.41) is 41.3. The Morgan fingerprint density at radius 1 is 0.698 bits per heavy atom. The van der Waals surface area contributed by atoms with Crippen molar-refractivity contribution in [2.75, 3.05) is 0 Å². The Labute approximate surface area is 253 Å². The first-order valence-electron chi connectivity index (χ1n) is 12.3. The summed E-state index contributed by atoms with van der Waals surface area (Å²) in [6.07, 6.45) is 2.71. The topological polar surface area (TPSA) is 196 Å². The van der Waals surface area contributed by atoms with E-state index in [0.717, 1.165) is 6.08 Å². The molecular weight excluding hydrogens is 610 g/mol. The number of aromatic carboxylic acids is 2. The molecule has 0 atom stereocenters. The third-order valence-electron chi connectivity index (χ3n) is 6.69. The molecular formula is C30H18N4O8Zn. The van der Waals surface area contributed by atoms with E-state index in [-0.39, 0.29) is 47.5 Å². The molecule has 3 aromatic heterocycles. The van der Waals surface area contributed by atoms with Crippen LogP contribution in [-0.4, -0.2) is 63.9 Å². The first-order chi connectivity index (χ1) is 20.1. The van der Waals surface area contributed by atoms with Crippen molar-refractivity contribution in [3.05, 3.63) is 94.6 Å². The summed E-state index contributed by atoms with van der Waals surface area (Å²) < 4.78 is 0.527. The van der Waals surface area contributed by atoms with E-state index in [0.29, 0.717) is 21.3 Å². The van der Waals surface area contributed by atoms with Crippen LogP contribution in [0.5, 0.6) is 0 Å². The van der Waals surface area contributed by atoms with E-state index in [2.05, 4.69) is 15.0 Å². The van der Waals surface area contributed by atoms with Crippen LogP contribution in [0.2, 0.25) is 0 Å². The Kier molecular flexibility index (Phi) is 7.35. The predicted octanol–water partition coefficient (Wildman–Crippen LogP) is 5.17. The minimum absolute atomic E-state index is 0. The average Bonchev–Trinajstić information content (AvgIpc) is 3.71.